The van der Waals surface area contributed by atoms with Crippen LogP contribution < -0.4 is 11.2 Å². The number of hydrogen-bond donors (Lipinski definition) is 4. The average Bonchev–Trinajstić information content (AvgIpc) is 2.14. The van der Waals surface area contributed by atoms with E-state index in [9.17, 15) is 4.79 Å². The maximum Gasteiger partial charge on any atom is 0.342 e. The van der Waals surface area contributed by atoms with Crippen molar-refractivity contribution in [1.82, 2.24) is 15.2 Å². The first-order chi connectivity index (χ1) is 3.83. The van der Waals surface area contributed by atoms with Crippen LogP contribution in [0.4, 0.5) is 5.95 Å². The van der Waals surface area contributed by atoms with E-state index in [4.69, 9.17) is 5.21 Å². The molecule has 6 heteroatoms. The van der Waals surface area contributed by atoms with Gasteiger partial charge in [0.1, 0.15) is 0 Å². The lowest BCUT2D eigenvalue weighted by Gasteiger charge is -1.82. The van der Waals surface area contributed by atoms with Gasteiger partial charge in [0.25, 0.3) is 0 Å². The lowest BCUT2D eigenvalue weighted by molar-refractivity contribution is 0.383. The summed E-state index contributed by atoms with van der Waals surface area (Å²) in [6.45, 7) is 0. The molecule has 0 radical (unpaired) electrons. The molecule has 44 valence electrons. The molecular formula is C2H4N4O2. The fourth-order valence-corrected chi connectivity index (χ4v) is 0.323. The topological polar surface area (TPSA) is 93.8 Å². The van der Waals surface area contributed by atoms with E-state index in [1.54, 1.807) is 5.48 Å². The highest BCUT2D eigenvalue weighted by atomic mass is 16.5. The van der Waals surface area contributed by atoms with E-state index in [0.717, 1.165) is 0 Å². The zero-order valence-electron chi connectivity index (χ0n) is 3.80. The molecule has 0 aliphatic rings. The van der Waals surface area contributed by atoms with Gasteiger partial charge in [-0.3, -0.25) is 10.2 Å². The van der Waals surface area contributed by atoms with Crippen LogP contribution in [0.25, 0.3) is 0 Å². The minimum Gasteiger partial charge on any atom is -0.288 e. The Labute approximate surface area is 43.5 Å². The summed E-state index contributed by atoms with van der Waals surface area (Å²) in [6.07, 6.45) is 0. The number of anilines is 1. The first-order valence-corrected chi connectivity index (χ1v) is 1.87. The minimum absolute atomic E-state index is 0.00926. The number of aromatic nitrogens is 3. The highest BCUT2D eigenvalue weighted by Crippen LogP contribution is 1.81. The van der Waals surface area contributed by atoms with Crippen molar-refractivity contribution in [2.24, 2.45) is 0 Å². The van der Waals surface area contributed by atoms with E-state index in [1.165, 1.54) is 0 Å². The molecule has 0 aliphatic carbocycles. The Hall–Kier alpha value is -1.30. The highest BCUT2D eigenvalue weighted by molar-refractivity contribution is 5.14. The van der Waals surface area contributed by atoms with Crippen LogP contribution in [0.15, 0.2) is 4.79 Å². The summed E-state index contributed by atoms with van der Waals surface area (Å²) >= 11 is 0. The summed E-state index contributed by atoms with van der Waals surface area (Å²) in [6, 6.07) is 0. The van der Waals surface area contributed by atoms with E-state index in [1.807, 2.05) is 5.10 Å². The van der Waals surface area contributed by atoms with Gasteiger partial charge in [-0.1, -0.05) is 0 Å². The normalized spacial score (nSPS) is 9.12. The Bertz CT molecular complexity index is 212. The van der Waals surface area contributed by atoms with E-state index >= 15 is 0 Å². The van der Waals surface area contributed by atoms with Gasteiger partial charge in [0.05, 0.1) is 0 Å². The molecule has 0 amide bonds. The van der Waals surface area contributed by atoms with Gasteiger partial charge >= 0.3 is 5.69 Å². The molecule has 1 aromatic heterocycles. The van der Waals surface area contributed by atoms with Gasteiger partial charge in [-0.25, -0.2) is 15.4 Å². The first kappa shape index (κ1) is 4.85. The number of H-pyrrole nitrogens is 2. The Balaban J connectivity index is 3.01. The zero-order valence-corrected chi connectivity index (χ0v) is 3.80. The number of aromatic amines is 2. The molecular weight excluding hydrogens is 112 g/mol. The molecule has 6 nitrogen and oxygen atoms in total. The van der Waals surface area contributed by atoms with Crippen molar-refractivity contribution in [2.45, 2.75) is 0 Å². The van der Waals surface area contributed by atoms with Gasteiger partial charge in [0.2, 0.25) is 5.95 Å². The summed E-state index contributed by atoms with van der Waals surface area (Å²) in [5.74, 6) is 0.00926. The molecule has 0 aromatic carbocycles. The number of nitrogens with one attached hydrogen (secondary N) is 3. The van der Waals surface area contributed by atoms with Crippen LogP contribution in [0.5, 0.6) is 0 Å². The molecule has 1 heterocycles. The maximum absolute atomic E-state index is 10.1. The third kappa shape index (κ3) is 0.684. The molecule has 0 fully saturated rings. The summed E-state index contributed by atoms with van der Waals surface area (Å²) in [7, 11) is 0. The minimum atomic E-state index is -0.457. The number of hydrogen-bond acceptors (Lipinski definition) is 4. The van der Waals surface area contributed by atoms with Crippen LogP contribution in [0, 0.1) is 0 Å². The molecule has 0 bridgehead atoms. The predicted octanol–water partition coefficient (Wildman–Crippen LogP) is -1.10. The van der Waals surface area contributed by atoms with Crippen molar-refractivity contribution in [3.05, 3.63) is 10.5 Å². The van der Waals surface area contributed by atoms with Crippen LogP contribution in [0.2, 0.25) is 0 Å². The van der Waals surface area contributed by atoms with Crippen LogP contribution in [-0.2, 0) is 0 Å². The second-order valence-electron chi connectivity index (χ2n) is 1.14. The molecule has 0 aliphatic heterocycles. The quantitative estimate of drug-likeness (QED) is 0.350. The summed E-state index contributed by atoms with van der Waals surface area (Å²) in [4.78, 5) is 12.3. The molecule has 0 unspecified atom stereocenters. The molecule has 4 N–H and O–H groups in total. The second kappa shape index (κ2) is 1.66. The summed E-state index contributed by atoms with van der Waals surface area (Å²) in [5.41, 5.74) is 1.19. The average molecular weight is 116 g/mol. The van der Waals surface area contributed by atoms with Gasteiger partial charge in [0, 0.05) is 0 Å². The lowest BCUT2D eigenvalue weighted by Crippen LogP contribution is -2.01. The smallest absolute Gasteiger partial charge is 0.288 e. The monoisotopic (exact) mass is 116 g/mol. The SMILES string of the molecule is O=c1[nH]nc(NO)[nH]1. The van der Waals surface area contributed by atoms with Crippen molar-refractivity contribution in [2.75, 3.05) is 5.48 Å². The van der Waals surface area contributed by atoms with Gasteiger partial charge in [0.15, 0.2) is 0 Å². The van der Waals surface area contributed by atoms with E-state index in [0.29, 0.717) is 0 Å². The molecule has 0 atom stereocenters. The van der Waals surface area contributed by atoms with Crippen molar-refractivity contribution >= 4 is 5.95 Å². The fraction of sp³-hybridized carbons (Fsp3) is 0. The van der Waals surface area contributed by atoms with Crippen LogP contribution in [0.3, 0.4) is 0 Å². The Kier molecular flexibility index (Phi) is 1.01. The summed E-state index contributed by atoms with van der Waals surface area (Å²) in [5, 5.41) is 13.4. The zero-order chi connectivity index (χ0) is 5.98. The predicted molar refractivity (Wildman–Crippen MR) is 24.6 cm³/mol. The lowest BCUT2D eigenvalue weighted by atomic mass is 11.1. The Morgan fingerprint density at radius 3 is 2.75 bits per heavy atom. The van der Waals surface area contributed by atoms with Crippen molar-refractivity contribution in [3.8, 4) is 0 Å². The van der Waals surface area contributed by atoms with Crippen LogP contribution >= 0.6 is 0 Å². The molecule has 1 aromatic rings. The third-order valence-corrected chi connectivity index (χ3v) is 0.607. The highest BCUT2D eigenvalue weighted by Gasteiger charge is 1.89. The molecule has 8 heavy (non-hydrogen) atoms. The number of rotatable bonds is 1. The molecule has 0 saturated heterocycles. The van der Waals surface area contributed by atoms with E-state index in [2.05, 4.69) is 10.1 Å². The van der Waals surface area contributed by atoms with Gasteiger partial charge in [-0.15, -0.1) is 5.10 Å². The molecule has 0 spiro atoms. The Morgan fingerprint density at radius 2 is 2.50 bits per heavy atom. The fourth-order valence-electron chi connectivity index (χ4n) is 0.323. The molecule has 1 rings (SSSR count). The number of nitrogens with zero attached hydrogens (tertiary/aromatic N) is 1. The van der Waals surface area contributed by atoms with E-state index in [-0.39, 0.29) is 5.95 Å². The summed E-state index contributed by atoms with van der Waals surface area (Å²) < 4.78 is 0. The van der Waals surface area contributed by atoms with Crippen LogP contribution in [-0.4, -0.2) is 20.4 Å². The second-order valence-corrected chi connectivity index (χ2v) is 1.14. The standard InChI is InChI=1S/C2H4N4O2/c7-2-3-1(6-8)4-5-2/h8H,(H3,3,4,5,6,7). The van der Waals surface area contributed by atoms with Gasteiger partial charge in [-0.2, -0.15) is 0 Å². The van der Waals surface area contributed by atoms with Gasteiger partial charge in [-0.05, 0) is 0 Å². The third-order valence-electron chi connectivity index (χ3n) is 0.607. The molecule has 0 saturated carbocycles. The van der Waals surface area contributed by atoms with Crippen LogP contribution in [0.1, 0.15) is 0 Å². The van der Waals surface area contributed by atoms with Gasteiger partial charge < -0.3 is 0 Å². The first-order valence-electron chi connectivity index (χ1n) is 1.87. The van der Waals surface area contributed by atoms with Crippen molar-refractivity contribution < 1.29 is 5.21 Å². The van der Waals surface area contributed by atoms with E-state index < -0.39 is 5.69 Å². The van der Waals surface area contributed by atoms with Crippen molar-refractivity contribution in [1.29, 1.82) is 0 Å². The van der Waals surface area contributed by atoms with Crippen molar-refractivity contribution in [3.63, 3.8) is 0 Å². The largest absolute Gasteiger partial charge is 0.342 e. The Morgan fingerprint density at radius 1 is 1.75 bits per heavy atom. The maximum atomic E-state index is 10.1.